The molecule has 0 saturated heterocycles. The molecule has 3 rings (SSSR count). The van der Waals surface area contributed by atoms with Gasteiger partial charge in [0, 0.05) is 17.6 Å². The first-order chi connectivity index (χ1) is 13.4. The van der Waals surface area contributed by atoms with Crippen molar-refractivity contribution >= 4 is 34.2 Å². The number of carbonyl (C=O) groups is 2. The number of esters is 1. The van der Waals surface area contributed by atoms with Gasteiger partial charge >= 0.3 is 11.7 Å². The standard InChI is InChI=1S/C18H18N4O5S/c1-3-22-15-11(17(25)21-18(22)26)7-10(9-19-15)16(24)20-12(8-14(23)27-2)13-5-4-6-28-13/h4-7,9,12H,3,8H2,1-2H3,(H,20,24)(H,21,25,26)/t12-/m1/s1. The molecule has 0 aliphatic heterocycles. The lowest BCUT2D eigenvalue weighted by Crippen LogP contribution is -2.32. The van der Waals surface area contributed by atoms with Crippen molar-refractivity contribution in [2.45, 2.75) is 25.9 Å². The molecule has 0 radical (unpaired) electrons. The van der Waals surface area contributed by atoms with E-state index in [1.165, 1.54) is 35.3 Å². The van der Waals surface area contributed by atoms with Gasteiger partial charge < -0.3 is 10.1 Å². The molecular formula is C18H18N4O5S. The first kappa shape index (κ1) is 19.5. The van der Waals surface area contributed by atoms with Crippen LogP contribution in [0.3, 0.4) is 0 Å². The number of amides is 1. The molecule has 0 unspecified atom stereocenters. The van der Waals surface area contributed by atoms with E-state index in [2.05, 4.69) is 15.3 Å². The molecule has 2 N–H and O–H groups in total. The van der Waals surface area contributed by atoms with Gasteiger partial charge in [0.25, 0.3) is 11.5 Å². The monoisotopic (exact) mass is 402 g/mol. The van der Waals surface area contributed by atoms with Crippen molar-refractivity contribution in [1.82, 2.24) is 19.9 Å². The normalized spacial score (nSPS) is 11.9. The van der Waals surface area contributed by atoms with Crippen molar-refractivity contribution in [1.29, 1.82) is 0 Å². The number of methoxy groups -OCH3 is 1. The summed E-state index contributed by atoms with van der Waals surface area (Å²) in [5, 5.41) is 4.75. The second-order valence-corrected chi connectivity index (χ2v) is 6.90. The highest BCUT2D eigenvalue weighted by Gasteiger charge is 2.21. The molecule has 0 spiro atoms. The predicted molar refractivity (Wildman–Crippen MR) is 103 cm³/mol. The van der Waals surface area contributed by atoms with Crippen molar-refractivity contribution in [2.75, 3.05) is 7.11 Å². The van der Waals surface area contributed by atoms with Crippen molar-refractivity contribution < 1.29 is 14.3 Å². The number of thiophene rings is 1. The van der Waals surface area contributed by atoms with E-state index in [9.17, 15) is 19.2 Å². The van der Waals surface area contributed by atoms with Gasteiger partial charge in [-0.25, -0.2) is 9.78 Å². The van der Waals surface area contributed by atoms with Gasteiger partial charge in [0.1, 0.15) is 5.65 Å². The molecule has 3 aromatic rings. The van der Waals surface area contributed by atoms with Crippen molar-refractivity contribution in [3.8, 4) is 0 Å². The Hall–Kier alpha value is -3.27. The number of carbonyl (C=O) groups excluding carboxylic acids is 2. The summed E-state index contributed by atoms with van der Waals surface area (Å²) in [4.78, 5) is 55.6. The summed E-state index contributed by atoms with van der Waals surface area (Å²) < 4.78 is 6.01. The van der Waals surface area contributed by atoms with E-state index in [1.54, 1.807) is 6.92 Å². The number of rotatable bonds is 6. The van der Waals surface area contributed by atoms with Crippen molar-refractivity contribution in [2.24, 2.45) is 0 Å². The summed E-state index contributed by atoms with van der Waals surface area (Å²) in [7, 11) is 1.28. The summed E-state index contributed by atoms with van der Waals surface area (Å²) in [5.74, 6) is -0.955. The van der Waals surface area contributed by atoms with Crippen LogP contribution in [-0.2, 0) is 16.1 Å². The Balaban J connectivity index is 1.95. The fourth-order valence-electron chi connectivity index (χ4n) is 2.79. The van der Waals surface area contributed by atoms with Crippen LogP contribution in [0.1, 0.15) is 34.6 Å². The lowest BCUT2D eigenvalue weighted by molar-refractivity contribution is -0.141. The van der Waals surface area contributed by atoms with Crippen molar-refractivity contribution in [3.63, 3.8) is 0 Å². The van der Waals surface area contributed by atoms with Gasteiger partial charge in [-0.2, -0.15) is 0 Å². The first-order valence-electron chi connectivity index (χ1n) is 8.48. The fraction of sp³-hybridized carbons (Fsp3) is 0.278. The molecule has 1 atom stereocenters. The summed E-state index contributed by atoms with van der Waals surface area (Å²) >= 11 is 1.40. The maximum absolute atomic E-state index is 12.7. The first-order valence-corrected chi connectivity index (χ1v) is 9.36. The third-order valence-electron chi connectivity index (χ3n) is 4.20. The summed E-state index contributed by atoms with van der Waals surface area (Å²) in [6.45, 7) is 2.07. The fourth-order valence-corrected chi connectivity index (χ4v) is 3.57. The SMILES string of the molecule is CCn1c(=O)[nH]c(=O)c2cc(C(=O)N[C@H](CC(=O)OC)c3cccs3)cnc21. The second kappa shape index (κ2) is 8.17. The average Bonchev–Trinajstić information content (AvgIpc) is 3.22. The number of aryl methyl sites for hydroxylation is 1. The quantitative estimate of drug-likeness (QED) is 0.597. The molecule has 146 valence electrons. The van der Waals surface area contributed by atoms with Gasteiger partial charge in [0.2, 0.25) is 0 Å². The van der Waals surface area contributed by atoms with Gasteiger partial charge in [-0.1, -0.05) is 6.07 Å². The van der Waals surface area contributed by atoms with E-state index in [4.69, 9.17) is 4.74 Å². The van der Waals surface area contributed by atoms with Gasteiger partial charge in [-0.05, 0) is 24.4 Å². The van der Waals surface area contributed by atoms with Crippen LogP contribution in [0.2, 0.25) is 0 Å². The van der Waals surface area contributed by atoms with Crippen LogP contribution in [0, 0.1) is 0 Å². The van der Waals surface area contributed by atoms with E-state index in [0.717, 1.165) is 4.88 Å². The molecule has 10 heteroatoms. The smallest absolute Gasteiger partial charge is 0.329 e. The van der Waals surface area contributed by atoms with Gasteiger partial charge in [-0.15, -0.1) is 11.3 Å². The predicted octanol–water partition coefficient (Wildman–Crippen LogP) is 1.20. The maximum atomic E-state index is 12.7. The molecule has 3 aromatic heterocycles. The molecule has 0 bridgehead atoms. The number of hydrogen-bond acceptors (Lipinski definition) is 7. The number of fused-ring (bicyclic) bond motifs is 1. The molecule has 0 aromatic carbocycles. The Morgan fingerprint density at radius 2 is 2.18 bits per heavy atom. The molecule has 0 aliphatic carbocycles. The van der Waals surface area contributed by atoms with E-state index >= 15 is 0 Å². The third-order valence-corrected chi connectivity index (χ3v) is 5.19. The molecule has 28 heavy (non-hydrogen) atoms. The molecule has 0 aliphatic rings. The Kier molecular flexibility index (Phi) is 5.69. The number of nitrogens with zero attached hydrogens (tertiary/aromatic N) is 2. The Bertz CT molecular complexity index is 1130. The average molecular weight is 402 g/mol. The van der Waals surface area contributed by atoms with E-state index in [0.29, 0.717) is 6.54 Å². The van der Waals surface area contributed by atoms with Crippen LogP contribution in [-0.4, -0.2) is 33.5 Å². The number of aromatic amines is 1. The lowest BCUT2D eigenvalue weighted by Gasteiger charge is -2.16. The Labute approximate surface area is 163 Å². The van der Waals surface area contributed by atoms with Crippen molar-refractivity contribution in [3.05, 3.63) is 61.1 Å². The Morgan fingerprint density at radius 1 is 1.39 bits per heavy atom. The van der Waals surface area contributed by atoms with Crippen LogP contribution in [0.15, 0.2) is 39.4 Å². The molecule has 1 amide bonds. The number of nitrogens with one attached hydrogen (secondary N) is 2. The van der Waals surface area contributed by atoms with E-state index in [1.807, 2.05) is 17.5 Å². The molecule has 0 saturated carbocycles. The van der Waals surface area contributed by atoms with Crippen LogP contribution in [0.4, 0.5) is 0 Å². The number of pyridine rings is 1. The number of hydrogen-bond donors (Lipinski definition) is 2. The zero-order chi connectivity index (χ0) is 20.3. The van der Waals surface area contributed by atoms with Crippen LogP contribution in [0.25, 0.3) is 11.0 Å². The van der Waals surface area contributed by atoms with Crippen LogP contribution in [0.5, 0.6) is 0 Å². The third kappa shape index (κ3) is 3.86. The molecule has 9 nitrogen and oxygen atoms in total. The van der Waals surface area contributed by atoms with Gasteiger partial charge in [-0.3, -0.25) is 23.9 Å². The topological polar surface area (TPSA) is 123 Å². The maximum Gasteiger partial charge on any atom is 0.329 e. The molecular weight excluding hydrogens is 384 g/mol. The highest BCUT2D eigenvalue weighted by molar-refractivity contribution is 7.10. The van der Waals surface area contributed by atoms with Crippen LogP contribution < -0.4 is 16.6 Å². The van der Waals surface area contributed by atoms with E-state index < -0.39 is 29.2 Å². The zero-order valence-electron chi connectivity index (χ0n) is 15.2. The van der Waals surface area contributed by atoms with Gasteiger partial charge in [0.05, 0.1) is 30.5 Å². The minimum absolute atomic E-state index is 0.0281. The van der Waals surface area contributed by atoms with E-state index in [-0.39, 0.29) is 23.0 Å². The molecule has 3 heterocycles. The molecule has 0 fully saturated rings. The van der Waals surface area contributed by atoms with Crippen LogP contribution >= 0.6 is 11.3 Å². The zero-order valence-corrected chi connectivity index (χ0v) is 16.0. The Morgan fingerprint density at radius 3 is 2.82 bits per heavy atom. The number of ether oxygens (including phenoxy) is 1. The minimum atomic E-state index is -0.615. The lowest BCUT2D eigenvalue weighted by atomic mass is 10.1. The minimum Gasteiger partial charge on any atom is -0.469 e. The number of H-pyrrole nitrogens is 1. The second-order valence-electron chi connectivity index (χ2n) is 5.92. The van der Waals surface area contributed by atoms with Gasteiger partial charge in [0.15, 0.2) is 0 Å². The summed E-state index contributed by atoms with van der Waals surface area (Å²) in [6.07, 6.45) is 1.27. The highest BCUT2D eigenvalue weighted by atomic mass is 32.1. The largest absolute Gasteiger partial charge is 0.469 e. The summed E-state index contributed by atoms with van der Waals surface area (Å²) in [6, 6.07) is 4.43. The highest BCUT2D eigenvalue weighted by Crippen LogP contribution is 2.23. The summed E-state index contributed by atoms with van der Waals surface area (Å²) in [5.41, 5.74) is -0.820. The number of aromatic nitrogens is 3.